The molecule has 0 aliphatic heterocycles. The lowest BCUT2D eigenvalue weighted by molar-refractivity contribution is -0.138. The fourth-order valence-corrected chi connectivity index (χ4v) is 2.71. The predicted molar refractivity (Wildman–Crippen MR) is 94.4 cm³/mol. The first-order valence-corrected chi connectivity index (χ1v) is 7.86. The third-order valence-electron chi connectivity index (χ3n) is 3.99. The molecule has 1 unspecified atom stereocenters. The van der Waals surface area contributed by atoms with E-state index in [1.165, 1.54) is 11.1 Å². The van der Waals surface area contributed by atoms with Gasteiger partial charge in [0.25, 0.3) is 0 Å². The number of carboxylic acids is 1. The van der Waals surface area contributed by atoms with Gasteiger partial charge in [0.2, 0.25) is 0 Å². The average Bonchev–Trinajstić information content (AvgIpc) is 2.55. The molecule has 0 aliphatic carbocycles. The quantitative estimate of drug-likeness (QED) is 0.784. The van der Waals surface area contributed by atoms with E-state index in [4.69, 9.17) is 0 Å². The van der Waals surface area contributed by atoms with Gasteiger partial charge in [-0.2, -0.15) is 0 Å². The summed E-state index contributed by atoms with van der Waals surface area (Å²) in [6.45, 7) is 6.08. The zero-order valence-electron chi connectivity index (χ0n) is 13.8. The van der Waals surface area contributed by atoms with E-state index in [2.05, 4.69) is 43.9 Å². The molecule has 2 aromatic carbocycles. The second-order valence-electron chi connectivity index (χ2n) is 5.89. The minimum Gasteiger partial charge on any atom is -0.481 e. The molecule has 0 fully saturated rings. The van der Waals surface area contributed by atoms with Crippen molar-refractivity contribution < 1.29 is 9.90 Å². The van der Waals surface area contributed by atoms with E-state index in [0.29, 0.717) is 12.3 Å². The SMILES string of the molecule is CC#CCC(C(=O)O)c1ccc(-c2ccccc2C(C)C)cc1. The monoisotopic (exact) mass is 306 g/mol. The molecular weight excluding hydrogens is 284 g/mol. The zero-order chi connectivity index (χ0) is 16.8. The summed E-state index contributed by atoms with van der Waals surface area (Å²) in [5.74, 6) is 4.67. The highest BCUT2D eigenvalue weighted by atomic mass is 16.4. The van der Waals surface area contributed by atoms with E-state index in [1.54, 1.807) is 6.92 Å². The minimum absolute atomic E-state index is 0.341. The summed E-state index contributed by atoms with van der Waals surface area (Å²) < 4.78 is 0. The summed E-state index contributed by atoms with van der Waals surface area (Å²) in [4.78, 5) is 11.4. The summed E-state index contributed by atoms with van der Waals surface area (Å²) in [6, 6.07) is 16.2. The lowest BCUT2D eigenvalue weighted by Crippen LogP contribution is -2.10. The second kappa shape index (κ2) is 7.65. The maximum atomic E-state index is 11.4. The Morgan fingerprint density at radius 1 is 1.09 bits per heavy atom. The average molecular weight is 306 g/mol. The standard InChI is InChI=1S/C21H22O2/c1-4-5-8-20(21(22)23)17-13-11-16(12-14-17)19-10-7-6-9-18(19)15(2)3/h6-7,9-15,20H,8H2,1-3H3,(H,22,23). The van der Waals surface area contributed by atoms with Crippen LogP contribution in [0.25, 0.3) is 11.1 Å². The fourth-order valence-electron chi connectivity index (χ4n) is 2.71. The van der Waals surface area contributed by atoms with Crippen molar-refractivity contribution in [1.29, 1.82) is 0 Å². The van der Waals surface area contributed by atoms with Gasteiger partial charge in [0.15, 0.2) is 0 Å². The second-order valence-corrected chi connectivity index (χ2v) is 5.89. The van der Waals surface area contributed by atoms with Crippen molar-refractivity contribution in [3.63, 3.8) is 0 Å². The number of benzene rings is 2. The summed E-state index contributed by atoms with van der Waals surface area (Å²) in [5.41, 5.74) is 4.41. The van der Waals surface area contributed by atoms with E-state index < -0.39 is 11.9 Å². The highest BCUT2D eigenvalue weighted by Gasteiger charge is 2.18. The summed E-state index contributed by atoms with van der Waals surface area (Å²) >= 11 is 0. The number of carbonyl (C=O) groups is 1. The zero-order valence-corrected chi connectivity index (χ0v) is 13.8. The van der Waals surface area contributed by atoms with Gasteiger partial charge in [0, 0.05) is 6.42 Å². The summed E-state index contributed by atoms with van der Waals surface area (Å²) in [6.07, 6.45) is 0.341. The molecule has 0 bridgehead atoms. The molecule has 2 rings (SSSR count). The molecule has 1 atom stereocenters. The maximum absolute atomic E-state index is 11.4. The van der Waals surface area contributed by atoms with Gasteiger partial charge in [-0.1, -0.05) is 62.4 Å². The van der Waals surface area contributed by atoms with Gasteiger partial charge in [-0.3, -0.25) is 4.79 Å². The molecule has 0 saturated heterocycles. The first-order valence-electron chi connectivity index (χ1n) is 7.86. The van der Waals surface area contributed by atoms with Gasteiger partial charge in [-0.25, -0.2) is 0 Å². The third-order valence-corrected chi connectivity index (χ3v) is 3.99. The Hall–Kier alpha value is -2.53. The molecule has 118 valence electrons. The lowest BCUT2D eigenvalue weighted by Gasteiger charge is -2.14. The molecule has 0 spiro atoms. The molecule has 2 heteroatoms. The highest BCUT2D eigenvalue weighted by molar-refractivity contribution is 5.77. The van der Waals surface area contributed by atoms with E-state index in [1.807, 2.05) is 30.3 Å². The van der Waals surface area contributed by atoms with Crippen molar-refractivity contribution in [2.45, 2.75) is 39.0 Å². The Kier molecular flexibility index (Phi) is 5.60. The van der Waals surface area contributed by atoms with Gasteiger partial charge >= 0.3 is 5.97 Å². The molecule has 0 radical (unpaired) electrons. The summed E-state index contributed by atoms with van der Waals surface area (Å²) in [7, 11) is 0. The van der Waals surface area contributed by atoms with Crippen molar-refractivity contribution in [1.82, 2.24) is 0 Å². The third kappa shape index (κ3) is 4.02. The van der Waals surface area contributed by atoms with Crippen molar-refractivity contribution >= 4 is 5.97 Å². The van der Waals surface area contributed by atoms with Crippen molar-refractivity contribution in [3.8, 4) is 23.0 Å². The minimum atomic E-state index is -0.830. The Balaban J connectivity index is 2.35. The van der Waals surface area contributed by atoms with E-state index >= 15 is 0 Å². The van der Waals surface area contributed by atoms with Crippen LogP contribution < -0.4 is 0 Å². The van der Waals surface area contributed by atoms with Crippen LogP contribution in [0.2, 0.25) is 0 Å². The number of hydrogen-bond donors (Lipinski definition) is 1. The van der Waals surface area contributed by atoms with Gasteiger partial charge in [0.1, 0.15) is 0 Å². The molecule has 1 N–H and O–H groups in total. The molecule has 0 saturated carbocycles. The van der Waals surface area contributed by atoms with Crippen molar-refractivity contribution in [3.05, 3.63) is 59.7 Å². The van der Waals surface area contributed by atoms with Crippen LogP contribution in [0.4, 0.5) is 0 Å². The van der Waals surface area contributed by atoms with Gasteiger partial charge in [0.05, 0.1) is 5.92 Å². The van der Waals surface area contributed by atoms with Crippen LogP contribution in [0.1, 0.15) is 50.2 Å². The first kappa shape index (κ1) is 16.8. The van der Waals surface area contributed by atoms with E-state index in [0.717, 1.165) is 11.1 Å². The van der Waals surface area contributed by atoms with Crippen LogP contribution in [-0.2, 0) is 4.79 Å². The van der Waals surface area contributed by atoms with Crippen molar-refractivity contribution in [2.75, 3.05) is 0 Å². The summed E-state index contributed by atoms with van der Waals surface area (Å²) in [5, 5.41) is 9.39. The normalized spacial score (nSPS) is 11.7. The van der Waals surface area contributed by atoms with Crippen LogP contribution in [-0.4, -0.2) is 11.1 Å². The van der Waals surface area contributed by atoms with Gasteiger partial charge in [-0.15, -0.1) is 11.8 Å². The Bertz CT molecular complexity index is 730. The van der Waals surface area contributed by atoms with E-state index in [9.17, 15) is 9.90 Å². The van der Waals surface area contributed by atoms with E-state index in [-0.39, 0.29) is 0 Å². The van der Waals surface area contributed by atoms with Gasteiger partial charge < -0.3 is 5.11 Å². The fraction of sp³-hybridized carbons (Fsp3) is 0.286. The predicted octanol–water partition coefficient (Wildman–Crippen LogP) is 5.06. The number of carboxylic acid groups (broad SMARTS) is 1. The Morgan fingerprint density at radius 3 is 2.30 bits per heavy atom. The molecule has 0 amide bonds. The number of hydrogen-bond acceptors (Lipinski definition) is 1. The number of rotatable bonds is 5. The lowest BCUT2D eigenvalue weighted by atomic mass is 9.90. The largest absolute Gasteiger partial charge is 0.481 e. The topological polar surface area (TPSA) is 37.3 Å². The smallest absolute Gasteiger partial charge is 0.311 e. The van der Waals surface area contributed by atoms with Crippen LogP contribution >= 0.6 is 0 Å². The number of aliphatic carboxylic acids is 1. The van der Waals surface area contributed by atoms with Crippen LogP contribution in [0.5, 0.6) is 0 Å². The van der Waals surface area contributed by atoms with Crippen LogP contribution in [0, 0.1) is 11.8 Å². The Morgan fingerprint density at radius 2 is 1.74 bits per heavy atom. The Labute approximate surface area is 138 Å². The maximum Gasteiger partial charge on any atom is 0.311 e. The van der Waals surface area contributed by atoms with Crippen LogP contribution in [0.3, 0.4) is 0 Å². The highest BCUT2D eigenvalue weighted by Crippen LogP contribution is 2.30. The van der Waals surface area contributed by atoms with Crippen LogP contribution in [0.15, 0.2) is 48.5 Å². The molecule has 0 aromatic heterocycles. The molecule has 2 aromatic rings. The van der Waals surface area contributed by atoms with Crippen molar-refractivity contribution in [2.24, 2.45) is 0 Å². The molecule has 0 heterocycles. The molecular formula is C21H22O2. The first-order chi connectivity index (χ1) is 11.0. The molecule has 0 aliphatic rings. The molecule has 23 heavy (non-hydrogen) atoms. The molecule has 2 nitrogen and oxygen atoms in total. The van der Waals surface area contributed by atoms with Gasteiger partial charge in [-0.05, 0) is 35.1 Å².